The molecule has 0 aliphatic rings. The van der Waals surface area contributed by atoms with Crippen molar-refractivity contribution in [3.05, 3.63) is 29.3 Å². The zero-order valence-electron chi connectivity index (χ0n) is 7.50. The van der Waals surface area contributed by atoms with Gasteiger partial charge in [0, 0.05) is 0 Å². The average molecular weight is 183 g/mol. The van der Waals surface area contributed by atoms with Crippen molar-refractivity contribution in [2.45, 2.75) is 13.8 Å². The van der Waals surface area contributed by atoms with Crippen LogP contribution in [0.15, 0.2) is 12.1 Å². The van der Waals surface area contributed by atoms with E-state index in [9.17, 15) is 9.18 Å². The van der Waals surface area contributed by atoms with Crippen LogP contribution < -0.4 is 0 Å². The molecule has 0 atom stereocenters. The quantitative estimate of drug-likeness (QED) is 0.655. The Morgan fingerprint density at radius 2 is 2.31 bits per heavy atom. The molecule has 1 aromatic heterocycles. The van der Waals surface area contributed by atoms with Crippen LogP contribution in [0, 0.1) is 12.7 Å². The average Bonchev–Trinajstić information content (AvgIpc) is 2.10. The molecule has 1 rings (SSSR count). The summed E-state index contributed by atoms with van der Waals surface area (Å²) >= 11 is 0. The van der Waals surface area contributed by atoms with Crippen LogP contribution in [0.4, 0.5) is 4.39 Å². The highest BCUT2D eigenvalue weighted by atomic mass is 19.1. The van der Waals surface area contributed by atoms with Crippen molar-refractivity contribution in [1.29, 1.82) is 0 Å². The molecule has 3 nitrogen and oxygen atoms in total. The number of hydrogen-bond acceptors (Lipinski definition) is 3. The number of esters is 1. The monoisotopic (exact) mass is 183 g/mol. The van der Waals surface area contributed by atoms with Crippen LogP contribution in [0.2, 0.25) is 0 Å². The van der Waals surface area contributed by atoms with Gasteiger partial charge >= 0.3 is 5.97 Å². The number of pyridine rings is 1. The van der Waals surface area contributed by atoms with E-state index in [-0.39, 0.29) is 18.0 Å². The Kier molecular flexibility index (Phi) is 2.95. The van der Waals surface area contributed by atoms with E-state index >= 15 is 0 Å². The first-order valence-corrected chi connectivity index (χ1v) is 3.95. The van der Waals surface area contributed by atoms with E-state index in [2.05, 4.69) is 4.98 Å². The fourth-order valence-corrected chi connectivity index (χ4v) is 0.863. The van der Waals surface area contributed by atoms with Crippen LogP contribution in [0.25, 0.3) is 0 Å². The van der Waals surface area contributed by atoms with Gasteiger partial charge < -0.3 is 4.74 Å². The number of ether oxygens (including phenoxy) is 1. The summed E-state index contributed by atoms with van der Waals surface area (Å²) in [4.78, 5) is 14.8. The minimum absolute atomic E-state index is 0.140. The molecule has 0 radical (unpaired) electrons. The van der Waals surface area contributed by atoms with Gasteiger partial charge in [0.05, 0.1) is 12.3 Å². The lowest BCUT2D eigenvalue weighted by molar-refractivity contribution is 0.0519. The van der Waals surface area contributed by atoms with Crippen LogP contribution in [-0.4, -0.2) is 17.6 Å². The standard InChI is InChI=1S/C9H10FNO2/c1-3-13-9(12)8-5-4-7(10)6(2)11-8/h4-5H,3H2,1-2H3. The van der Waals surface area contributed by atoms with E-state index in [0.29, 0.717) is 0 Å². The van der Waals surface area contributed by atoms with Gasteiger partial charge in [-0.25, -0.2) is 14.2 Å². The lowest BCUT2D eigenvalue weighted by Crippen LogP contribution is -2.08. The minimum Gasteiger partial charge on any atom is -0.461 e. The largest absolute Gasteiger partial charge is 0.461 e. The Morgan fingerprint density at radius 1 is 1.62 bits per heavy atom. The second-order valence-electron chi connectivity index (χ2n) is 2.48. The topological polar surface area (TPSA) is 39.2 Å². The van der Waals surface area contributed by atoms with Gasteiger partial charge in [0.2, 0.25) is 0 Å². The van der Waals surface area contributed by atoms with Crippen molar-refractivity contribution in [2.24, 2.45) is 0 Å². The minimum atomic E-state index is -0.523. The molecule has 4 heteroatoms. The second-order valence-corrected chi connectivity index (χ2v) is 2.48. The van der Waals surface area contributed by atoms with Gasteiger partial charge in [-0.1, -0.05) is 0 Å². The molecule has 0 aromatic carbocycles. The van der Waals surface area contributed by atoms with Gasteiger partial charge in [-0.3, -0.25) is 0 Å². The van der Waals surface area contributed by atoms with Crippen LogP contribution in [0.1, 0.15) is 23.1 Å². The van der Waals surface area contributed by atoms with Crippen molar-refractivity contribution in [1.82, 2.24) is 4.98 Å². The fraction of sp³-hybridized carbons (Fsp3) is 0.333. The van der Waals surface area contributed by atoms with E-state index in [4.69, 9.17) is 4.74 Å². The smallest absolute Gasteiger partial charge is 0.356 e. The summed E-state index contributed by atoms with van der Waals surface area (Å²) in [6, 6.07) is 2.51. The van der Waals surface area contributed by atoms with Gasteiger partial charge in [0.1, 0.15) is 11.5 Å². The van der Waals surface area contributed by atoms with E-state index in [0.717, 1.165) is 0 Å². The Hall–Kier alpha value is -1.45. The van der Waals surface area contributed by atoms with E-state index in [1.54, 1.807) is 6.92 Å². The molecule has 0 aliphatic carbocycles. The number of aryl methyl sites for hydroxylation is 1. The maximum absolute atomic E-state index is 12.7. The third-order valence-corrected chi connectivity index (χ3v) is 1.51. The molecular formula is C9H10FNO2. The summed E-state index contributed by atoms with van der Waals surface area (Å²) in [6.07, 6.45) is 0. The van der Waals surface area contributed by atoms with Crippen LogP contribution in [0.5, 0.6) is 0 Å². The van der Waals surface area contributed by atoms with Crippen molar-refractivity contribution in [2.75, 3.05) is 6.61 Å². The molecule has 13 heavy (non-hydrogen) atoms. The highest BCUT2D eigenvalue weighted by Gasteiger charge is 2.09. The van der Waals surface area contributed by atoms with Gasteiger partial charge in [0.25, 0.3) is 0 Å². The van der Waals surface area contributed by atoms with Crippen molar-refractivity contribution < 1.29 is 13.9 Å². The Balaban J connectivity index is 2.90. The summed E-state index contributed by atoms with van der Waals surface area (Å²) in [6.45, 7) is 3.49. The molecular weight excluding hydrogens is 173 g/mol. The number of halogens is 1. The molecule has 0 aliphatic heterocycles. The van der Waals surface area contributed by atoms with Crippen molar-refractivity contribution >= 4 is 5.97 Å². The number of nitrogens with zero attached hydrogens (tertiary/aromatic N) is 1. The molecule has 0 saturated carbocycles. The zero-order valence-corrected chi connectivity index (χ0v) is 7.50. The number of rotatable bonds is 2. The molecule has 70 valence electrons. The molecule has 1 heterocycles. The van der Waals surface area contributed by atoms with Crippen molar-refractivity contribution in [3.8, 4) is 0 Å². The van der Waals surface area contributed by atoms with Crippen molar-refractivity contribution in [3.63, 3.8) is 0 Å². The number of hydrogen-bond donors (Lipinski definition) is 0. The normalized spacial score (nSPS) is 9.77. The molecule has 1 aromatic rings. The molecule has 0 spiro atoms. The fourth-order valence-electron chi connectivity index (χ4n) is 0.863. The number of carbonyl (C=O) groups excluding carboxylic acids is 1. The van der Waals surface area contributed by atoms with Gasteiger partial charge in [0.15, 0.2) is 0 Å². The third kappa shape index (κ3) is 2.24. The molecule has 0 unspecified atom stereocenters. The number of aromatic nitrogens is 1. The lowest BCUT2D eigenvalue weighted by Gasteiger charge is -2.01. The first-order valence-electron chi connectivity index (χ1n) is 3.95. The predicted octanol–water partition coefficient (Wildman–Crippen LogP) is 1.71. The summed E-state index contributed by atoms with van der Waals surface area (Å²) in [5.41, 5.74) is 0.339. The molecule has 0 bridgehead atoms. The van der Waals surface area contributed by atoms with Crippen LogP contribution in [-0.2, 0) is 4.74 Å². The maximum Gasteiger partial charge on any atom is 0.356 e. The molecule has 0 saturated heterocycles. The van der Waals surface area contributed by atoms with Gasteiger partial charge in [-0.15, -0.1) is 0 Å². The van der Waals surface area contributed by atoms with Gasteiger partial charge in [-0.05, 0) is 26.0 Å². The maximum atomic E-state index is 12.7. The molecule has 0 fully saturated rings. The third-order valence-electron chi connectivity index (χ3n) is 1.51. The van der Waals surface area contributed by atoms with E-state index in [1.165, 1.54) is 19.1 Å². The molecule has 0 N–H and O–H groups in total. The zero-order chi connectivity index (χ0) is 9.84. The van der Waals surface area contributed by atoms with Crippen LogP contribution >= 0.6 is 0 Å². The highest BCUT2D eigenvalue weighted by Crippen LogP contribution is 2.05. The highest BCUT2D eigenvalue weighted by molar-refractivity contribution is 5.87. The SMILES string of the molecule is CCOC(=O)c1ccc(F)c(C)n1. The predicted molar refractivity (Wildman–Crippen MR) is 44.9 cm³/mol. The lowest BCUT2D eigenvalue weighted by atomic mass is 10.3. The molecule has 0 amide bonds. The Bertz CT molecular complexity index is 325. The first-order chi connectivity index (χ1) is 6.15. The van der Waals surface area contributed by atoms with E-state index < -0.39 is 11.8 Å². The summed E-state index contributed by atoms with van der Waals surface area (Å²) in [5.74, 6) is -0.946. The van der Waals surface area contributed by atoms with Crippen LogP contribution in [0.3, 0.4) is 0 Å². The summed E-state index contributed by atoms with van der Waals surface area (Å²) in [7, 11) is 0. The van der Waals surface area contributed by atoms with Gasteiger partial charge in [-0.2, -0.15) is 0 Å². The second kappa shape index (κ2) is 3.98. The summed E-state index contributed by atoms with van der Waals surface area (Å²) in [5, 5.41) is 0. The Labute approximate surface area is 75.6 Å². The summed E-state index contributed by atoms with van der Waals surface area (Å²) < 4.78 is 17.4. The van der Waals surface area contributed by atoms with E-state index in [1.807, 2.05) is 0 Å². The number of carbonyl (C=O) groups is 1. The Morgan fingerprint density at radius 3 is 2.85 bits per heavy atom. The first kappa shape index (κ1) is 9.64.